The van der Waals surface area contributed by atoms with E-state index in [0.29, 0.717) is 35.1 Å². The van der Waals surface area contributed by atoms with Gasteiger partial charge in [0.25, 0.3) is 0 Å². The topological polar surface area (TPSA) is 101 Å². The highest BCUT2D eigenvalue weighted by Gasteiger charge is 2.30. The molecule has 2 saturated heterocycles. The van der Waals surface area contributed by atoms with E-state index in [9.17, 15) is 8.42 Å². The van der Waals surface area contributed by atoms with Gasteiger partial charge in [-0.15, -0.1) is 0 Å². The summed E-state index contributed by atoms with van der Waals surface area (Å²) in [4.78, 5) is 11.8. The quantitative estimate of drug-likeness (QED) is 0.411. The molecule has 0 bridgehead atoms. The van der Waals surface area contributed by atoms with E-state index >= 15 is 0 Å². The fourth-order valence-electron chi connectivity index (χ4n) is 4.92. The Balaban J connectivity index is 1.28. The van der Waals surface area contributed by atoms with Crippen molar-refractivity contribution in [3.63, 3.8) is 0 Å². The lowest BCUT2D eigenvalue weighted by Crippen LogP contribution is -2.36. The Labute approximate surface area is 210 Å². The van der Waals surface area contributed by atoms with E-state index < -0.39 is 10.0 Å². The van der Waals surface area contributed by atoms with Crippen LogP contribution in [0.1, 0.15) is 30.5 Å². The van der Waals surface area contributed by atoms with Crippen molar-refractivity contribution in [3.05, 3.63) is 54.1 Å². The van der Waals surface area contributed by atoms with Gasteiger partial charge in [-0.2, -0.15) is 14.4 Å². The van der Waals surface area contributed by atoms with Gasteiger partial charge in [0.2, 0.25) is 16.0 Å². The number of fused-ring (bicyclic) bond motifs is 1. The molecule has 1 N–H and O–H groups in total. The smallest absolute Gasteiger partial charge is 0.245 e. The number of likely N-dealkylation sites (tertiary alicyclic amines) is 1. The second kappa shape index (κ2) is 8.99. The molecule has 36 heavy (non-hydrogen) atoms. The zero-order chi connectivity index (χ0) is 24.9. The maximum atomic E-state index is 13.3. The third-order valence-corrected chi connectivity index (χ3v) is 9.04. The summed E-state index contributed by atoms with van der Waals surface area (Å²) in [5.74, 6) is 1.09. The van der Waals surface area contributed by atoms with Crippen LogP contribution in [0.4, 0.5) is 11.6 Å². The Morgan fingerprint density at radius 3 is 2.58 bits per heavy atom. The lowest BCUT2D eigenvalue weighted by Gasteiger charge is -2.30. The van der Waals surface area contributed by atoms with Crippen LogP contribution in [0.3, 0.4) is 0 Å². The predicted octanol–water partition coefficient (Wildman–Crippen LogP) is 3.20. The summed E-state index contributed by atoms with van der Waals surface area (Å²) in [7, 11) is -1.68. The Morgan fingerprint density at radius 2 is 1.83 bits per heavy atom. The molecule has 0 spiro atoms. The van der Waals surface area contributed by atoms with Gasteiger partial charge in [-0.25, -0.2) is 18.1 Å². The molecule has 2 aliphatic heterocycles. The van der Waals surface area contributed by atoms with Crippen LogP contribution < -0.4 is 5.32 Å². The van der Waals surface area contributed by atoms with Crippen LogP contribution in [0, 0.1) is 6.92 Å². The van der Waals surface area contributed by atoms with Crippen LogP contribution in [-0.2, 0) is 23.6 Å². The summed E-state index contributed by atoms with van der Waals surface area (Å²) < 4.78 is 31.8. The minimum atomic E-state index is -3.55. The standard InChI is InChI=1S/C25H30N8O2S/c1-18-19(15-31-10-5-11-31)16-33(29-18)24-8-9-26-25(28-24)27-20-6-7-22-21(14-20)23(17-30(22)2)36(34,35)32-12-3-4-13-32/h6-9,14,16-17H,3-5,10-13,15H2,1-2H3,(H,26,27,28). The molecule has 0 unspecified atom stereocenters. The third-order valence-electron chi connectivity index (χ3n) is 7.11. The highest BCUT2D eigenvalue weighted by molar-refractivity contribution is 7.89. The Kier molecular flexibility index (Phi) is 5.78. The minimum absolute atomic E-state index is 0.335. The molecule has 0 aliphatic carbocycles. The van der Waals surface area contributed by atoms with E-state index in [2.05, 4.69) is 25.3 Å². The van der Waals surface area contributed by atoms with Crippen molar-refractivity contribution >= 4 is 32.6 Å². The van der Waals surface area contributed by atoms with E-state index in [1.165, 1.54) is 12.0 Å². The van der Waals surface area contributed by atoms with Gasteiger partial charge >= 0.3 is 0 Å². The minimum Gasteiger partial charge on any atom is -0.349 e. The van der Waals surface area contributed by atoms with E-state index in [-0.39, 0.29) is 0 Å². The first kappa shape index (κ1) is 23.1. The average Bonchev–Trinajstić information content (AvgIpc) is 3.57. The lowest BCUT2D eigenvalue weighted by atomic mass is 10.1. The van der Waals surface area contributed by atoms with E-state index in [1.807, 2.05) is 49.0 Å². The highest BCUT2D eigenvalue weighted by atomic mass is 32.2. The molecule has 2 fully saturated rings. The number of nitrogens with zero attached hydrogens (tertiary/aromatic N) is 7. The van der Waals surface area contributed by atoms with Crippen molar-refractivity contribution in [2.75, 3.05) is 31.5 Å². The Morgan fingerprint density at radius 1 is 1.03 bits per heavy atom. The number of aromatic nitrogens is 5. The first-order chi connectivity index (χ1) is 17.4. The summed E-state index contributed by atoms with van der Waals surface area (Å²) in [5.41, 5.74) is 3.77. The zero-order valence-corrected chi connectivity index (χ0v) is 21.4. The number of hydrogen-bond donors (Lipinski definition) is 1. The predicted molar refractivity (Wildman–Crippen MR) is 138 cm³/mol. The van der Waals surface area contributed by atoms with Crippen LogP contribution in [0.2, 0.25) is 0 Å². The largest absolute Gasteiger partial charge is 0.349 e. The molecule has 5 heterocycles. The summed E-state index contributed by atoms with van der Waals surface area (Å²) in [6, 6.07) is 7.51. The molecule has 10 nitrogen and oxygen atoms in total. The maximum absolute atomic E-state index is 13.3. The number of aryl methyl sites for hydroxylation is 2. The molecule has 0 amide bonds. The van der Waals surface area contributed by atoms with Gasteiger partial charge in [-0.1, -0.05) is 0 Å². The summed E-state index contributed by atoms with van der Waals surface area (Å²) in [6.07, 6.45) is 8.50. The lowest BCUT2D eigenvalue weighted by molar-refractivity contribution is 0.172. The average molecular weight is 507 g/mol. The number of hydrogen-bond acceptors (Lipinski definition) is 7. The van der Waals surface area contributed by atoms with Gasteiger partial charge in [0.1, 0.15) is 4.90 Å². The number of sulfonamides is 1. The number of rotatable bonds is 7. The highest BCUT2D eigenvalue weighted by Crippen LogP contribution is 2.31. The Bertz CT molecular complexity index is 1530. The molecular weight excluding hydrogens is 476 g/mol. The van der Waals surface area contributed by atoms with Gasteiger partial charge in [-0.3, -0.25) is 4.90 Å². The molecule has 0 atom stereocenters. The molecule has 0 radical (unpaired) electrons. The van der Waals surface area contributed by atoms with Crippen molar-refractivity contribution in [3.8, 4) is 5.82 Å². The summed E-state index contributed by atoms with van der Waals surface area (Å²) >= 11 is 0. The molecule has 1 aromatic carbocycles. The molecule has 188 valence electrons. The number of benzene rings is 1. The van der Waals surface area contributed by atoms with E-state index in [1.54, 1.807) is 21.4 Å². The zero-order valence-electron chi connectivity index (χ0n) is 20.6. The molecule has 0 saturated carbocycles. The monoisotopic (exact) mass is 506 g/mol. The van der Waals surface area contributed by atoms with Gasteiger partial charge in [0, 0.05) is 73.5 Å². The van der Waals surface area contributed by atoms with Crippen LogP contribution in [0.5, 0.6) is 0 Å². The fraction of sp³-hybridized carbons (Fsp3) is 0.400. The first-order valence-corrected chi connectivity index (χ1v) is 13.8. The summed E-state index contributed by atoms with van der Waals surface area (Å²) in [6.45, 7) is 6.35. The van der Waals surface area contributed by atoms with Crippen LogP contribution in [0.15, 0.2) is 47.8 Å². The van der Waals surface area contributed by atoms with Gasteiger partial charge in [0.05, 0.1) is 5.69 Å². The van der Waals surface area contributed by atoms with Crippen LogP contribution >= 0.6 is 0 Å². The van der Waals surface area contributed by atoms with Crippen molar-refractivity contribution in [1.82, 2.24) is 33.5 Å². The van der Waals surface area contributed by atoms with Crippen molar-refractivity contribution in [1.29, 1.82) is 0 Å². The SMILES string of the molecule is Cc1nn(-c2ccnc(Nc3ccc4c(c3)c(S(=O)(=O)N3CCCC3)cn4C)n2)cc1CN1CCC1. The van der Waals surface area contributed by atoms with Gasteiger partial charge in [-0.05, 0) is 57.5 Å². The first-order valence-electron chi connectivity index (χ1n) is 12.4. The number of anilines is 2. The van der Waals surface area contributed by atoms with Crippen LogP contribution in [0.25, 0.3) is 16.7 Å². The molecule has 11 heteroatoms. The second-order valence-corrected chi connectivity index (χ2v) is 11.5. The third kappa shape index (κ3) is 4.16. The Hall–Kier alpha value is -3.28. The molecule has 3 aromatic heterocycles. The molecule has 4 aromatic rings. The maximum Gasteiger partial charge on any atom is 0.245 e. The van der Waals surface area contributed by atoms with E-state index in [0.717, 1.165) is 49.4 Å². The van der Waals surface area contributed by atoms with Crippen molar-refractivity contribution in [2.24, 2.45) is 7.05 Å². The van der Waals surface area contributed by atoms with Crippen LogP contribution in [-0.4, -0.2) is 68.1 Å². The van der Waals surface area contributed by atoms with E-state index in [4.69, 9.17) is 0 Å². The summed E-state index contributed by atoms with van der Waals surface area (Å²) in [5, 5.41) is 8.59. The molecular formula is C25H30N8O2S. The van der Waals surface area contributed by atoms with Crippen molar-refractivity contribution in [2.45, 2.75) is 37.6 Å². The fourth-order valence-corrected chi connectivity index (χ4v) is 6.67. The normalized spacial score (nSPS) is 17.1. The number of nitrogens with one attached hydrogen (secondary N) is 1. The van der Waals surface area contributed by atoms with Crippen molar-refractivity contribution < 1.29 is 8.42 Å². The second-order valence-electron chi connectivity index (χ2n) is 9.62. The van der Waals surface area contributed by atoms with Gasteiger partial charge < -0.3 is 9.88 Å². The molecule has 6 rings (SSSR count). The van der Waals surface area contributed by atoms with Gasteiger partial charge in [0.15, 0.2) is 5.82 Å². The molecule has 2 aliphatic rings.